The van der Waals surface area contributed by atoms with Gasteiger partial charge in [0.2, 0.25) is 0 Å². The molecule has 1 aromatic heterocycles. The number of nitrogens with zero attached hydrogens (tertiary/aromatic N) is 2. The summed E-state index contributed by atoms with van der Waals surface area (Å²) in [7, 11) is 1.85. The van der Waals surface area contributed by atoms with Gasteiger partial charge in [-0.25, -0.2) is 0 Å². The molecule has 1 amide bonds. The van der Waals surface area contributed by atoms with Crippen LogP contribution in [0.3, 0.4) is 0 Å². The molecule has 6 heteroatoms. The summed E-state index contributed by atoms with van der Waals surface area (Å²) in [5.74, 6) is 0.0662. The third kappa shape index (κ3) is 3.34. The first-order valence-corrected chi connectivity index (χ1v) is 5.51. The Balaban J connectivity index is 0.00000144. The lowest BCUT2D eigenvalue weighted by Crippen LogP contribution is -2.57. The van der Waals surface area contributed by atoms with Crippen LogP contribution in [0, 0.1) is 13.8 Å². The summed E-state index contributed by atoms with van der Waals surface area (Å²) in [4.78, 5) is 18.3. The number of amides is 1. The van der Waals surface area contributed by atoms with Gasteiger partial charge in [0, 0.05) is 25.8 Å². The molecule has 2 rings (SSSR count). The number of hydrogen-bond donors (Lipinski definition) is 1. The van der Waals surface area contributed by atoms with Crippen LogP contribution >= 0.6 is 24.8 Å². The predicted octanol–water partition coefficient (Wildman–Crippen LogP) is 1.59. The Morgan fingerprint density at radius 2 is 1.94 bits per heavy atom. The van der Waals surface area contributed by atoms with Crippen molar-refractivity contribution in [1.29, 1.82) is 0 Å². The Bertz CT molecular complexity index is 422. The number of halogens is 2. The first kappa shape index (κ1) is 17.2. The van der Waals surface area contributed by atoms with Gasteiger partial charge >= 0.3 is 0 Å². The van der Waals surface area contributed by atoms with Crippen molar-refractivity contribution in [1.82, 2.24) is 15.2 Å². The number of carbonyl (C=O) groups excluding carboxylic acids is 1. The molecule has 0 bridgehead atoms. The molecule has 0 atom stereocenters. The maximum Gasteiger partial charge on any atom is 0.255 e. The summed E-state index contributed by atoms with van der Waals surface area (Å²) in [6.45, 7) is 5.59. The van der Waals surface area contributed by atoms with Crippen molar-refractivity contribution in [2.75, 3.05) is 20.1 Å². The third-order valence-corrected chi connectivity index (χ3v) is 3.08. The minimum atomic E-state index is 0. The largest absolute Gasteiger partial charge is 0.336 e. The van der Waals surface area contributed by atoms with Gasteiger partial charge < -0.3 is 10.2 Å². The van der Waals surface area contributed by atoms with Crippen molar-refractivity contribution >= 4 is 30.7 Å². The number of likely N-dealkylation sites (N-methyl/N-ethyl adjacent to an activating group) is 1. The number of aryl methyl sites for hydroxylation is 2. The van der Waals surface area contributed by atoms with Gasteiger partial charge in [0.05, 0.1) is 17.3 Å². The van der Waals surface area contributed by atoms with Crippen LogP contribution in [0.5, 0.6) is 0 Å². The van der Waals surface area contributed by atoms with E-state index < -0.39 is 0 Å². The summed E-state index contributed by atoms with van der Waals surface area (Å²) in [6.07, 6.45) is 0. The average Bonchev–Trinajstić information content (AvgIpc) is 2.14. The Hall–Kier alpha value is -0.840. The highest BCUT2D eigenvalue weighted by atomic mass is 35.5. The van der Waals surface area contributed by atoms with E-state index in [1.807, 2.05) is 33.0 Å². The van der Waals surface area contributed by atoms with E-state index >= 15 is 0 Å². The summed E-state index contributed by atoms with van der Waals surface area (Å²) in [5.41, 5.74) is 2.46. The standard InChI is InChI=1S/C12H17N3O.2ClH/c1-8-4-5-11(9(2)14-8)12(16)15(3)10-6-13-7-10;;/h4-5,10,13H,6-7H2,1-3H3;2*1H. The Morgan fingerprint density at radius 3 is 2.39 bits per heavy atom. The first-order valence-electron chi connectivity index (χ1n) is 5.51. The van der Waals surface area contributed by atoms with Gasteiger partial charge in [0.15, 0.2) is 0 Å². The van der Waals surface area contributed by atoms with Crippen LogP contribution in [0.15, 0.2) is 12.1 Å². The summed E-state index contributed by atoms with van der Waals surface area (Å²) in [6, 6.07) is 4.07. The molecule has 0 saturated carbocycles. The van der Waals surface area contributed by atoms with Gasteiger partial charge in [-0.2, -0.15) is 0 Å². The van der Waals surface area contributed by atoms with Gasteiger partial charge in [-0.1, -0.05) is 0 Å². The lowest BCUT2D eigenvalue weighted by Gasteiger charge is -2.35. The van der Waals surface area contributed by atoms with E-state index in [2.05, 4.69) is 10.3 Å². The zero-order chi connectivity index (χ0) is 11.7. The molecule has 0 radical (unpaired) electrons. The molecule has 0 unspecified atom stereocenters. The molecule has 18 heavy (non-hydrogen) atoms. The molecular formula is C12H19Cl2N3O. The average molecular weight is 292 g/mol. The summed E-state index contributed by atoms with van der Waals surface area (Å²) >= 11 is 0. The molecule has 1 N–H and O–H groups in total. The monoisotopic (exact) mass is 291 g/mol. The molecule has 0 aromatic carbocycles. The molecule has 1 aromatic rings. The lowest BCUT2D eigenvalue weighted by atomic mass is 10.1. The second-order valence-corrected chi connectivity index (χ2v) is 4.31. The Labute approximate surface area is 120 Å². The van der Waals surface area contributed by atoms with E-state index in [1.165, 1.54) is 0 Å². The summed E-state index contributed by atoms with van der Waals surface area (Å²) in [5, 5.41) is 3.16. The van der Waals surface area contributed by atoms with Crippen LogP contribution in [0.2, 0.25) is 0 Å². The van der Waals surface area contributed by atoms with E-state index in [1.54, 1.807) is 4.90 Å². The number of carbonyl (C=O) groups is 1. The van der Waals surface area contributed by atoms with Crippen molar-refractivity contribution in [2.24, 2.45) is 0 Å². The van der Waals surface area contributed by atoms with Gasteiger partial charge in [-0.05, 0) is 26.0 Å². The number of hydrogen-bond acceptors (Lipinski definition) is 3. The molecule has 102 valence electrons. The SMILES string of the molecule is Cc1ccc(C(=O)N(C)C2CNC2)c(C)n1.Cl.Cl. The highest BCUT2D eigenvalue weighted by molar-refractivity contribution is 5.95. The Morgan fingerprint density at radius 1 is 1.33 bits per heavy atom. The fourth-order valence-corrected chi connectivity index (χ4v) is 1.82. The molecule has 1 aliphatic heterocycles. The van der Waals surface area contributed by atoms with Gasteiger partial charge in [0.1, 0.15) is 0 Å². The predicted molar refractivity (Wildman–Crippen MR) is 77.0 cm³/mol. The van der Waals surface area contributed by atoms with Crippen LogP contribution in [0.25, 0.3) is 0 Å². The second kappa shape index (κ2) is 6.92. The van der Waals surface area contributed by atoms with Crippen molar-refractivity contribution in [2.45, 2.75) is 19.9 Å². The minimum Gasteiger partial charge on any atom is -0.336 e. The van der Waals surface area contributed by atoms with Crippen LogP contribution in [0.1, 0.15) is 21.7 Å². The molecule has 2 heterocycles. The van der Waals surface area contributed by atoms with E-state index in [9.17, 15) is 4.79 Å². The maximum absolute atomic E-state index is 12.2. The zero-order valence-corrected chi connectivity index (χ0v) is 12.4. The van der Waals surface area contributed by atoms with Crippen LogP contribution < -0.4 is 5.32 Å². The quantitative estimate of drug-likeness (QED) is 0.900. The molecule has 0 spiro atoms. The van der Waals surface area contributed by atoms with Gasteiger partial charge in [-0.3, -0.25) is 9.78 Å². The highest BCUT2D eigenvalue weighted by Crippen LogP contribution is 2.12. The third-order valence-electron chi connectivity index (χ3n) is 3.08. The number of rotatable bonds is 2. The van der Waals surface area contributed by atoms with E-state index in [0.29, 0.717) is 11.6 Å². The van der Waals surface area contributed by atoms with E-state index in [-0.39, 0.29) is 30.7 Å². The fourth-order valence-electron chi connectivity index (χ4n) is 1.82. The molecule has 1 fully saturated rings. The number of aromatic nitrogens is 1. The molecule has 1 saturated heterocycles. The van der Waals surface area contributed by atoms with Crippen molar-refractivity contribution < 1.29 is 4.79 Å². The molecule has 0 aliphatic carbocycles. The van der Waals surface area contributed by atoms with Gasteiger partial charge in [0.25, 0.3) is 5.91 Å². The molecule has 4 nitrogen and oxygen atoms in total. The first-order chi connectivity index (χ1) is 7.59. The summed E-state index contributed by atoms with van der Waals surface area (Å²) < 4.78 is 0. The number of pyridine rings is 1. The minimum absolute atomic E-state index is 0. The van der Waals surface area contributed by atoms with E-state index in [4.69, 9.17) is 0 Å². The zero-order valence-electron chi connectivity index (χ0n) is 10.8. The van der Waals surface area contributed by atoms with Crippen molar-refractivity contribution in [3.8, 4) is 0 Å². The number of nitrogens with one attached hydrogen (secondary N) is 1. The van der Waals surface area contributed by atoms with Gasteiger partial charge in [-0.15, -0.1) is 24.8 Å². The van der Waals surface area contributed by atoms with Crippen LogP contribution in [-0.4, -0.2) is 42.0 Å². The smallest absolute Gasteiger partial charge is 0.255 e. The van der Waals surface area contributed by atoms with Crippen molar-refractivity contribution in [3.63, 3.8) is 0 Å². The maximum atomic E-state index is 12.2. The fraction of sp³-hybridized carbons (Fsp3) is 0.500. The highest BCUT2D eigenvalue weighted by Gasteiger charge is 2.26. The van der Waals surface area contributed by atoms with Crippen LogP contribution in [-0.2, 0) is 0 Å². The molecular weight excluding hydrogens is 273 g/mol. The second-order valence-electron chi connectivity index (χ2n) is 4.31. The van der Waals surface area contributed by atoms with Crippen LogP contribution in [0.4, 0.5) is 0 Å². The topological polar surface area (TPSA) is 45.2 Å². The van der Waals surface area contributed by atoms with E-state index in [0.717, 1.165) is 24.5 Å². The Kier molecular flexibility index (Phi) is 6.60. The van der Waals surface area contributed by atoms with Crippen molar-refractivity contribution in [3.05, 3.63) is 29.1 Å². The normalized spacial score (nSPS) is 13.9. The lowest BCUT2D eigenvalue weighted by molar-refractivity contribution is 0.0680. The molecule has 1 aliphatic rings.